The minimum absolute atomic E-state index is 0.121. The molecular weight excluding hydrogens is 432 g/mol. The number of carbonyl (C=O) groups excluding carboxylic acids is 1. The second-order valence-corrected chi connectivity index (χ2v) is 9.08. The standard InChI is InChI=1S/C25H26N6O3/c1-15-21-10-11-30(13-16-2-7-19(8-3-16)27-24(32)17-4-5-17)23(21)29-25(26-15)28-20-9-6-18-14-34-31(33)22(18)12-20/h2-3,6-9,12,17,33H,4-5,10-11,13-14H2,1H3,(H,27,32)(H,26,28,29). The van der Waals surface area contributed by atoms with Crippen LogP contribution in [0.3, 0.4) is 0 Å². The van der Waals surface area contributed by atoms with Gasteiger partial charge in [0.1, 0.15) is 18.1 Å². The molecule has 3 aromatic rings. The highest BCUT2D eigenvalue weighted by Crippen LogP contribution is 2.34. The normalized spacial score (nSPS) is 16.4. The summed E-state index contributed by atoms with van der Waals surface area (Å²) in [5, 5.41) is 16.9. The van der Waals surface area contributed by atoms with Crippen molar-refractivity contribution < 1.29 is 14.8 Å². The van der Waals surface area contributed by atoms with Crippen LogP contribution < -0.4 is 20.8 Å². The minimum Gasteiger partial charge on any atom is -0.352 e. The Balaban J connectivity index is 1.18. The van der Waals surface area contributed by atoms with Crippen molar-refractivity contribution in [1.29, 1.82) is 0 Å². The summed E-state index contributed by atoms with van der Waals surface area (Å²) in [5.41, 5.74) is 6.43. The Bertz CT molecular complexity index is 1260. The number of benzene rings is 2. The summed E-state index contributed by atoms with van der Waals surface area (Å²) in [4.78, 5) is 28.8. The van der Waals surface area contributed by atoms with Crippen LogP contribution in [0, 0.1) is 12.8 Å². The molecule has 9 heteroatoms. The predicted octanol–water partition coefficient (Wildman–Crippen LogP) is 4.08. The van der Waals surface area contributed by atoms with Gasteiger partial charge in [0.25, 0.3) is 0 Å². The number of nitrogens with zero attached hydrogens (tertiary/aromatic N) is 4. The van der Waals surface area contributed by atoms with Crippen molar-refractivity contribution in [3.8, 4) is 0 Å². The highest BCUT2D eigenvalue weighted by molar-refractivity contribution is 5.94. The molecule has 0 atom stereocenters. The number of nitrogens with one attached hydrogen (secondary N) is 2. The van der Waals surface area contributed by atoms with Gasteiger partial charge in [-0.2, -0.15) is 4.98 Å². The molecule has 0 unspecified atom stereocenters. The molecule has 1 aliphatic carbocycles. The number of hydrogen-bond acceptors (Lipinski definition) is 8. The monoisotopic (exact) mass is 458 g/mol. The Hall–Kier alpha value is -3.69. The van der Waals surface area contributed by atoms with E-state index < -0.39 is 0 Å². The van der Waals surface area contributed by atoms with Gasteiger partial charge in [0, 0.05) is 47.2 Å². The zero-order chi connectivity index (χ0) is 23.2. The van der Waals surface area contributed by atoms with Gasteiger partial charge in [-0.3, -0.25) is 10.0 Å². The Morgan fingerprint density at radius 2 is 1.94 bits per heavy atom. The molecule has 0 saturated heterocycles. The van der Waals surface area contributed by atoms with Crippen molar-refractivity contribution in [2.75, 3.05) is 27.3 Å². The van der Waals surface area contributed by atoms with Crippen LogP contribution in [-0.4, -0.2) is 27.6 Å². The van der Waals surface area contributed by atoms with Crippen molar-refractivity contribution in [1.82, 2.24) is 9.97 Å². The third-order valence-corrected chi connectivity index (χ3v) is 6.56. The fourth-order valence-electron chi connectivity index (χ4n) is 4.47. The zero-order valence-corrected chi connectivity index (χ0v) is 18.9. The van der Waals surface area contributed by atoms with Gasteiger partial charge >= 0.3 is 0 Å². The molecule has 1 fully saturated rings. The van der Waals surface area contributed by atoms with Crippen molar-refractivity contribution in [3.05, 3.63) is 64.8 Å². The van der Waals surface area contributed by atoms with E-state index in [1.54, 1.807) is 0 Å². The van der Waals surface area contributed by atoms with E-state index >= 15 is 0 Å². The molecule has 3 aliphatic rings. The molecule has 0 bridgehead atoms. The molecule has 9 nitrogen and oxygen atoms in total. The fraction of sp³-hybridized carbons (Fsp3) is 0.320. The van der Waals surface area contributed by atoms with E-state index in [0.29, 0.717) is 18.2 Å². The molecule has 1 amide bonds. The highest BCUT2D eigenvalue weighted by atomic mass is 16.9. The molecule has 3 N–H and O–H groups in total. The quantitative estimate of drug-likeness (QED) is 0.508. The van der Waals surface area contributed by atoms with E-state index in [2.05, 4.69) is 32.7 Å². The van der Waals surface area contributed by atoms with Crippen LogP contribution in [0.5, 0.6) is 0 Å². The van der Waals surface area contributed by atoms with Crippen LogP contribution in [0.2, 0.25) is 0 Å². The fourth-order valence-corrected chi connectivity index (χ4v) is 4.47. The number of amides is 1. The van der Waals surface area contributed by atoms with Crippen LogP contribution in [0.4, 0.5) is 28.8 Å². The Morgan fingerprint density at radius 1 is 1.15 bits per heavy atom. The molecule has 174 valence electrons. The summed E-state index contributed by atoms with van der Waals surface area (Å²) in [6.45, 7) is 3.97. The lowest BCUT2D eigenvalue weighted by molar-refractivity contribution is -0.117. The smallest absolute Gasteiger partial charge is 0.229 e. The topological polar surface area (TPSA) is 103 Å². The van der Waals surface area contributed by atoms with Crippen molar-refractivity contribution >= 4 is 34.7 Å². The molecule has 0 radical (unpaired) electrons. The maximum atomic E-state index is 12.0. The van der Waals surface area contributed by atoms with Gasteiger partial charge in [0.05, 0.1) is 0 Å². The average molecular weight is 459 g/mol. The van der Waals surface area contributed by atoms with Gasteiger partial charge in [0.15, 0.2) is 0 Å². The Kier molecular flexibility index (Phi) is 5.08. The largest absolute Gasteiger partial charge is 0.352 e. The van der Waals surface area contributed by atoms with Crippen molar-refractivity contribution in [2.24, 2.45) is 5.92 Å². The predicted molar refractivity (Wildman–Crippen MR) is 128 cm³/mol. The lowest BCUT2D eigenvalue weighted by Gasteiger charge is -2.20. The second-order valence-electron chi connectivity index (χ2n) is 9.08. The molecule has 1 saturated carbocycles. The SMILES string of the molecule is Cc1nc(Nc2ccc3c(c2)N(O)OC3)nc2c1CCN2Cc1ccc(NC(=O)C2CC2)cc1. The maximum absolute atomic E-state index is 12.0. The molecule has 3 heterocycles. The average Bonchev–Trinajstić information content (AvgIpc) is 3.52. The van der Waals surface area contributed by atoms with E-state index in [-0.39, 0.29) is 11.8 Å². The molecule has 2 aliphatic heterocycles. The summed E-state index contributed by atoms with van der Waals surface area (Å²) >= 11 is 0. The van der Waals surface area contributed by atoms with Gasteiger partial charge in [-0.1, -0.05) is 18.2 Å². The van der Waals surface area contributed by atoms with Gasteiger partial charge < -0.3 is 15.5 Å². The molecule has 34 heavy (non-hydrogen) atoms. The molecule has 6 rings (SSSR count). The molecule has 2 aromatic carbocycles. The second kappa shape index (κ2) is 8.27. The highest BCUT2D eigenvalue weighted by Gasteiger charge is 2.29. The number of anilines is 5. The summed E-state index contributed by atoms with van der Waals surface area (Å²) in [6.07, 6.45) is 2.90. The van der Waals surface area contributed by atoms with Crippen LogP contribution in [0.1, 0.15) is 35.2 Å². The molecule has 1 aromatic heterocycles. The van der Waals surface area contributed by atoms with Crippen molar-refractivity contribution in [2.45, 2.75) is 39.3 Å². The van der Waals surface area contributed by atoms with Gasteiger partial charge in [-0.05, 0) is 56.0 Å². The van der Waals surface area contributed by atoms with E-state index in [1.807, 2.05) is 37.3 Å². The van der Waals surface area contributed by atoms with Crippen LogP contribution in [0.15, 0.2) is 42.5 Å². The third kappa shape index (κ3) is 4.04. The van der Waals surface area contributed by atoms with Gasteiger partial charge in [-0.25, -0.2) is 9.82 Å². The summed E-state index contributed by atoms with van der Waals surface area (Å²) in [6, 6.07) is 13.7. The first-order valence-electron chi connectivity index (χ1n) is 11.6. The third-order valence-electron chi connectivity index (χ3n) is 6.56. The van der Waals surface area contributed by atoms with Crippen molar-refractivity contribution in [3.63, 3.8) is 0 Å². The van der Waals surface area contributed by atoms with E-state index in [0.717, 1.165) is 71.6 Å². The zero-order valence-electron chi connectivity index (χ0n) is 18.9. The first kappa shape index (κ1) is 20.9. The van der Waals surface area contributed by atoms with Gasteiger partial charge in [0.2, 0.25) is 11.9 Å². The van der Waals surface area contributed by atoms with E-state index in [4.69, 9.17) is 9.82 Å². The maximum Gasteiger partial charge on any atom is 0.229 e. The Labute approximate surface area is 197 Å². The molecule has 0 spiro atoms. The summed E-state index contributed by atoms with van der Waals surface area (Å²) in [7, 11) is 0. The number of carbonyl (C=O) groups is 1. The van der Waals surface area contributed by atoms with E-state index in [9.17, 15) is 10.0 Å². The number of aryl methyl sites for hydroxylation is 1. The first-order chi connectivity index (χ1) is 16.5. The summed E-state index contributed by atoms with van der Waals surface area (Å²) < 4.78 is 0. The minimum atomic E-state index is 0.121. The van der Waals surface area contributed by atoms with Gasteiger partial charge in [-0.15, -0.1) is 5.23 Å². The number of hydrogen-bond donors (Lipinski definition) is 3. The summed E-state index contributed by atoms with van der Waals surface area (Å²) in [5.74, 6) is 1.77. The van der Waals surface area contributed by atoms with Crippen LogP contribution >= 0.6 is 0 Å². The van der Waals surface area contributed by atoms with Crippen LogP contribution in [-0.2, 0) is 29.2 Å². The number of aromatic nitrogens is 2. The lowest BCUT2D eigenvalue weighted by atomic mass is 10.2. The number of rotatable bonds is 6. The Morgan fingerprint density at radius 3 is 2.74 bits per heavy atom. The molecular formula is C25H26N6O3. The van der Waals surface area contributed by atoms with E-state index in [1.165, 1.54) is 5.56 Å². The number of fused-ring (bicyclic) bond motifs is 2. The van der Waals surface area contributed by atoms with Crippen LogP contribution in [0.25, 0.3) is 0 Å². The first-order valence-corrected chi connectivity index (χ1v) is 11.6. The lowest BCUT2D eigenvalue weighted by Crippen LogP contribution is -2.21.